The zero-order valence-corrected chi connectivity index (χ0v) is 11.3. The van der Waals surface area contributed by atoms with Crippen molar-refractivity contribution in [1.29, 1.82) is 0 Å². The summed E-state index contributed by atoms with van der Waals surface area (Å²) >= 11 is 0. The van der Waals surface area contributed by atoms with E-state index in [9.17, 15) is 4.79 Å². The second-order valence-electron chi connectivity index (χ2n) is 5.23. The van der Waals surface area contributed by atoms with E-state index in [0.29, 0.717) is 5.92 Å². The van der Waals surface area contributed by atoms with E-state index in [4.69, 9.17) is 4.42 Å². The number of fused-ring (bicyclic) bond motifs is 3. The monoisotopic (exact) mass is 258 g/mol. The highest BCUT2D eigenvalue weighted by molar-refractivity contribution is 5.79. The largest absolute Gasteiger partial charge is 0.441 e. The van der Waals surface area contributed by atoms with Crippen LogP contribution in [0.2, 0.25) is 0 Å². The molecule has 100 valence electrons. The number of benzene rings is 1. The van der Waals surface area contributed by atoms with E-state index < -0.39 is 0 Å². The average Bonchev–Trinajstić information content (AvgIpc) is 2.90. The molecule has 3 rings (SSSR count). The van der Waals surface area contributed by atoms with Gasteiger partial charge in [-0.1, -0.05) is 6.07 Å². The van der Waals surface area contributed by atoms with E-state index in [2.05, 4.69) is 16.4 Å². The van der Waals surface area contributed by atoms with Crippen molar-refractivity contribution in [2.24, 2.45) is 0 Å². The summed E-state index contributed by atoms with van der Waals surface area (Å²) in [6.07, 6.45) is 3.19. The summed E-state index contributed by atoms with van der Waals surface area (Å²) in [6.45, 7) is 4.16. The van der Waals surface area contributed by atoms with Gasteiger partial charge in [0.2, 0.25) is 5.91 Å². The molecule has 1 aliphatic carbocycles. The molecule has 0 aliphatic heterocycles. The molecule has 0 fully saturated rings. The number of hydrogen-bond donors (Lipinski definition) is 1. The van der Waals surface area contributed by atoms with Gasteiger partial charge < -0.3 is 9.73 Å². The van der Waals surface area contributed by atoms with Crippen LogP contribution >= 0.6 is 0 Å². The van der Waals surface area contributed by atoms with Gasteiger partial charge in [0, 0.05) is 26.0 Å². The maximum Gasteiger partial charge on any atom is 0.216 e. The summed E-state index contributed by atoms with van der Waals surface area (Å²) in [5, 5.41) is 2.87. The summed E-state index contributed by atoms with van der Waals surface area (Å²) in [6, 6.07) is 4.21. The van der Waals surface area contributed by atoms with Crippen molar-refractivity contribution in [2.45, 2.75) is 39.0 Å². The Morgan fingerprint density at radius 1 is 1.53 bits per heavy atom. The molecule has 0 saturated carbocycles. The maximum atomic E-state index is 10.9. The molecule has 0 bridgehead atoms. The van der Waals surface area contributed by atoms with Gasteiger partial charge in [0.1, 0.15) is 5.52 Å². The highest BCUT2D eigenvalue weighted by Crippen LogP contribution is 2.40. The fourth-order valence-electron chi connectivity index (χ4n) is 3.02. The Morgan fingerprint density at radius 3 is 3.16 bits per heavy atom. The summed E-state index contributed by atoms with van der Waals surface area (Å²) in [7, 11) is 0. The van der Waals surface area contributed by atoms with Crippen LogP contribution in [0, 0.1) is 6.92 Å². The molecule has 1 atom stereocenters. The first kappa shape index (κ1) is 12.2. The fourth-order valence-corrected chi connectivity index (χ4v) is 3.02. The molecule has 19 heavy (non-hydrogen) atoms. The van der Waals surface area contributed by atoms with Gasteiger partial charge in [-0.05, 0) is 36.8 Å². The van der Waals surface area contributed by atoms with Crippen LogP contribution in [0.1, 0.15) is 42.7 Å². The van der Waals surface area contributed by atoms with Crippen LogP contribution in [0.3, 0.4) is 0 Å². The molecule has 0 radical (unpaired) electrons. The predicted molar refractivity (Wildman–Crippen MR) is 73.1 cm³/mol. The third-order valence-electron chi connectivity index (χ3n) is 3.83. The van der Waals surface area contributed by atoms with E-state index in [-0.39, 0.29) is 5.91 Å². The molecule has 4 heteroatoms. The van der Waals surface area contributed by atoms with E-state index in [0.717, 1.165) is 42.8 Å². The number of nitrogens with zero attached hydrogens (tertiary/aromatic N) is 1. The van der Waals surface area contributed by atoms with Crippen LogP contribution in [-0.4, -0.2) is 17.4 Å². The molecule has 4 nitrogen and oxygen atoms in total. The van der Waals surface area contributed by atoms with Gasteiger partial charge in [-0.2, -0.15) is 0 Å². The first-order valence-corrected chi connectivity index (χ1v) is 6.78. The lowest BCUT2D eigenvalue weighted by atomic mass is 9.97. The molecule has 1 aliphatic rings. The number of aryl methyl sites for hydroxylation is 2. The van der Waals surface area contributed by atoms with E-state index in [1.807, 2.05) is 13.0 Å². The molecule has 1 heterocycles. The van der Waals surface area contributed by atoms with Gasteiger partial charge in [0.15, 0.2) is 11.5 Å². The normalized spacial score (nSPS) is 17.7. The lowest BCUT2D eigenvalue weighted by Crippen LogP contribution is -2.22. The van der Waals surface area contributed by atoms with Gasteiger partial charge in [-0.15, -0.1) is 0 Å². The second kappa shape index (κ2) is 4.68. The standard InChI is InChI=1S/C15H18N2O2/c1-9(18)16-8-7-12-4-3-11-5-6-13-15(14(11)12)19-10(2)17-13/h5-6,12H,3-4,7-8H2,1-2H3,(H,16,18)/t12-/m1/s1. The van der Waals surface area contributed by atoms with Crippen LogP contribution in [0.25, 0.3) is 11.1 Å². The molecular formula is C15H18N2O2. The third kappa shape index (κ3) is 2.23. The summed E-state index contributed by atoms with van der Waals surface area (Å²) < 4.78 is 5.77. The Labute approximate surface area is 112 Å². The maximum absolute atomic E-state index is 10.9. The van der Waals surface area contributed by atoms with Crippen molar-refractivity contribution in [2.75, 3.05) is 6.54 Å². The number of aromatic nitrogens is 1. The summed E-state index contributed by atoms with van der Waals surface area (Å²) in [4.78, 5) is 15.3. The van der Waals surface area contributed by atoms with Gasteiger partial charge in [0.25, 0.3) is 0 Å². The number of hydrogen-bond acceptors (Lipinski definition) is 3. The molecule has 2 aromatic rings. The van der Waals surface area contributed by atoms with Crippen molar-refractivity contribution in [3.8, 4) is 0 Å². The Balaban J connectivity index is 1.89. The molecule has 0 unspecified atom stereocenters. The summed E-state index contributed by atoms with van der Waals surface area (Å²) in [5.74, 6) is 1.22. The highest BCUT2D eigenvalue weighted by atomic mass is 16.3. The number of rotatable bonds is 3. The molecule has 0 spiro atoms. The lowest BCUT2D eigenvalue weighted by molar-refractivity contribution is -0.118. The first-order chi connectivity index (χ1) is 9.15. The molecule has 0 saturated heterocycles. The SMILES string of the molecule is CC(=O)NCC[C@H]1CCc2ccc3nc(C)oc3c21. The zero-order valence-electron chi connectivity index (χ0n) is 11.3. The van der Waals surface area contributed by atoms with Crippen molar-refractivity contribution in [3.63, 3.8) is 0 Å². The Kier molecular flexibility index (Phi) is 3.01. The zero-order chi connectivity index (χ0) is 13.4. The number of carbonyl (C=O) groups is 1. The van der Waals surface area contributed by atoms with Crippen molar-refractivity contribution >= 4 is 17.0 Å². The molecule has 1 N–H and O–H groups in total. The van der Waals surface area contributed by atoms with Gasteiger partial charge in [0.05, 0.1) is 0 Å². The topological polar surface area (TPSA) is 55.1 Å². The molecule has 1 aromatic carbocycles. The van der Waals surface area contributed by atoms with Crippen molar-refractivity contribution in [1.82, 2.24) is 10.3 Å². The van der Waals surface area contributed by atoms with Gasteiger partial charge in [-0.3, -0.25) is 4.79 Å². The Morgan fingerprint density at radius 2 is 2.37 bits per heavy atom. The minimum atomic E-state index is 0.0342. The van der Waals surface area contributed by atoms with Crippen LogP contribution in [0.15, 0.2) is 16.5 Å². The van der Waals surface area contributed by atoms with Gasteiger partial charge in [-0.25, -0.2) is 4.98 Å². The Bertz CT molecular complexity index is 630. The molecule has 1 amide bonds. The van der Waals surface area contributed by atoms with Crippen molar-refractivity contribution in [3.05, 3.63) is 29.2 Å². The number of oxazole rings is 1. The Hall–Kier alpha value is -1.84. The minimum absolute atomic E-state index is 0.0342. The van der Waals surface area contributed by atoms with Crippen LogP contribution in [-0.2, 0) is 11.2 Å². The predicted octanol–water partition coefficient (Wildman–Crippen LogP) is 2.69. The van der Waals surface area contributed by atoms with Crippen LogP contribution in [0.5, 0.6) is 0 Å². The smallest absolute Gasteiger partial charge is 0.216 e. The first-order valence-electron chi connectivity index (χ1n) is 6.78. The lowest BCUT2D eigenvalue weighted by Gasteiger charge is -2.11. The average molecular weight is 258 g/mol. The quantitative estimate of drug-likeness (QED) is 0.921. The van der Waals surface area contributed by atoms with Gasteiger partial charge >= 0.3 is 0 Å². The highest BCUT2D eigenvalue weighted by Gasteiger charge is 2.26. The van der Waals surface area contributed by atoms with Crippen LogP contribution < -0.4 is 5.32 Å². The fraction of sp³-hybridized carbons (Fsp3) is 0.467. The summed E-state index contributed by atoms with van der Waals surface area (Å²) in [5.41, 5.74) is 4.57. The number of carbonyl (C=O) groups excluding carboxylic acids is 1. The number of nitrogens with one attached hydrogen (secondary N) is 1. The van der Waals surface area contributed by atoms with E-state index in [1.165, 1.54) is 11.1 Å². The third-order valence-corrected chi connectivity index (χ3v) is 3.83. The van der Waals surface area contributed by atoms with Crippen molar-refractivity contribution < 1.29 is 9.21 Å². The molecule has 1 aromatic heterocycles. The number of amides is 1. The minimum Gasteiger partial charge on any atom is -0.441 e. The van der Waals surface area contributed by atoms with E-state index >= 15 is 0 Å². The second-order valence-corrected chi connectivity index (χ2v) is 5.23. The van der Waals surface area contributed by atoms with E-state index in [1.54, 1.807) is 6.92 Å². The molecular weight excluding hydrogens is 240 g/mol. The van der Waals surface area contributed by atoms with Crippen LogP contribution in [0.4, 0.5) is 0 Å².